The molecule has 8 heteroatoms. The number of ether oxygens (including phenoxy) is 2. The molecule has 2 N–H and O–H groups in total. The second-order valence-corrected chi connectivity index (χ2v) is 7.25. The number of nitrogens with two attached hydrogens (primary N) is 1. The van der Waals surface area contributed by atoms with Crippen LogP contribution in [-0.4, -0.2) is 29.0 Å². The molecule has 0 spiro atoms. The number of primary amides is 1. The molecule has 0 radical (unpaired) electrons. The zero-order valence-corrected chi connectivity index (χ0v) is 17.3. The van der Waals surface area contributed by atoms with Crippen LogP contribution in [-0.2, 0) is 25.6 Å². The average Bonchev–Trinajstić information content (AvgIpc) is 2.66. The fraction of sp³-hybridized carbons (Fsp3) is 0.364. The summed E-state index contributed by atoms with van der Waals surface area (Å²) >= 11 is 0. The van der Waals surface area contributed by atoms with Crippen molar-refractivity contribution in [1.82, 2.24) is 4.57 Å². The van der Waals surface area contributed by atoms with Gasteiger partial charge in [-0.3, -0.25) is 19.2 Å². The number of aromatic nitrogens is 1. The number of hydrogen-bond donors (Lipinski definition) is 1. The second-order valence-electron chi connectivity index (χ2n) is 7.25. The van der Waals surface area contributed by atoms with Crippen molar-refractivity contribution < 1.29 is 23.9 Å². The highest BCUT2D eigenvalue weighted by molar-refractivity contribution is 5.92. The largest absolute Gasteiger partial charge is 0.464 e. The molecule has 0 aliphatic heterocycles. The van der Waals surface area contributed by atoms with Gasteiger partial charge in [-0.25, -0.2) is 0 Å². The number of pyridine rings is 1. The van der Waals surface area contributed by atoms with E-state index >= 15 is 0 Å². The molecule has 2 aromatic rings. The van der Waals surface area contributed by atoms with Gasteiger partial charge < -0.3 is 19.8 Å². The molecule has 1 atom stereocenters. The van der Waals surface area contributed by atoms with Crippen LogP contribution >= 0.6 is 0 Å². The first kappa shape index (κ1) is 22.9. The van der Waals surface area contributed by atoms with Crippen molar-refractivity contribution in [3.63, 3.8) is 0 Å². The highest BCUT2D eigenvalue weighted by atomic mass is 16.5. The molecule has 0 aliphatic rings. The number of nitrogens with zero attached hydrogens (tertiary/aromatic N) is 1. The molecule has 2 rings (SSSR count). The summed E-state index contributed by atoms with van der Waals surface area (Å²) in [6.07, 6.45) is 0.625. The van der Waals surface area contributed by atoms with Gasteiger partial charge in [0.1, 0.15) is 12.2 Å². The van der Waals surface area contributed by atoms with Crippen molar-refractivity contribution in [3.8, 4) is 0 Å². The number of carbonyl (C=O) groups excluding carboxylic acids is 3. The Kier molecular flexibility index (Phi) is 7.91. The van der Waals surface area contributed by atoms with E-state index in [2.05, 4.69) is 0 Å². The number of benzene rings is 1. The van der Waals surface area contributed by atoms with Gasteiger partial charge in [0, 0.05) is 25.6 Å². The second kappa shape index (κ2) is 10.4. The van der Waals surface area contributed by atoms with Crippen LogP contribution in [0.15, 0.2) is 47.4 Å². The summed E-state index contributed by atoms with van der Waals surface area (Å²) in [6.45, 7) is 5.22. The van der Waals surface area contributed by atoms with Crippen LogP contribution in [0, 0.1) is 5.92 Å². The van der Waals surface area contributed by atoms with Crippen molar-refractivity contribution in [2.24, 2.45) is 11.7 Å². The molecular formula is C22H26N2O6. The first-order chi connectivity index (χ1) is 14.2. The fourth-order valence-corrected chi connectivity index (χ4v) is 2.92. The van der Waals surface area contributed by atoms with Crippen LogP contribution < -0.4 is 11.2 Å². The van der Waals surface area contributed by atoms with E-state index in [4.69, 9.17) is 15.2 Å². The van der Waals surface area contributed by atoms with Gasteiger partial charge in [0.15, 0.2) is 11.5 Å². The van der Waals surface area contributed by atoms with Gasteiger partial charge in [0.05, 0.1) is 12.2 Å². The summed E-state index contributed by atoms with van der Waals surface area (Å²) in [5, 5.41) is 0. The smallest absolute Gasteiger partial charge is 0.307 e. The molecule has 30 heavy (non-hydrogen) atoms. The Labute approximate surface area is 174 Å². The Morgan fingerprint density at radius 1 is 1.13 bits per heavy atom. The highest BCUT2D eigenvalue weighted by Crippen LogP contribution is 2.27. The number of esters is 2. The Balaban J connectivity index is 2.54. The van der Waals surface area contributed by atoms with E-state index in [9.17, 15) is 19.2 Å². The Morgan fingerprint density at radius 2 is 1.80 bits per heavy atom. The van der Waals surface area contributed by atoms with Crippen LogP contribution in [0.3, 0.4) is 0 Å². The maximum Gasteiger partial charge on any atom is 0.307 e. The number of carbonyl (C=O) groups is 3. The summed E-state index contributed by atoms with van der Waals surface area (Å²) in [7, 11) is 0. The maximum atomic E-state index is 12.5. The van der Waals surface area contributed by atoms with Crippen LogP contribution in [0.2, 0.25) is 0 Å². The Bertz CT molecular complexity index is 965. The summed E-state index contributed by atoms with van der Waals surface area (Å²) in [6, 6.07) is 10.2. The lowest BCUT2D eigenvalue weighted by atomic mass is 10.0. The van der Waals surface area contributed by atoms with Crippen LogP contribution in [0.25, 0.3) is 0 Å². The summed E-state index contributed by atoms with van der Waals surface area (Å²) in [5.41, 5.74) is 5.52. The van der Waals surface area contributed by atoms with Crippen molar-refractivity contribution >= 4 is 17.8 Å². The number of amides is 1. The fourth-order valence-electron chi connectivity index (χ4n) is 2.92. The van der Waals surface area contributed by atoms with Crippen LogP contribution in [0.4, 0.5) is 0 Å². The third-order valence-corrected chi connectivity index (χ3v) is 4.26. The number of hydrogen-bond acceptors (Lipinski definition) is 6. The van der Waals surface area contributed by atoms with E-state index in [1.54, 1.807) is 28.8 Å². The van der Waals surface area contributed by atoms with Crippen molar-refractivity contribution in [1.29, 1.82) is 0 Å². The molecule has 160 valence electrons. The van der Waals surface area contributed by atoms with Gasteiger partial charge in [-0.1, -0.05) is 44.2 Å². The molecule has 0 saturated heterocycles. The van der Waals surface area contributed by atoms with Crippen molar-refractivity contribution in [2.75, 3.05) is 6.61 Å². The zero-order chi connectivity index (χ0) is 22.3. The molecular weight excluding hydrogens is 388 g/mol. The first-order valence-corrected chi connectivity index (χ1v) is 9.61. The summed E-state index contributed by atoms with van der Waals surface area (Å²) in [4.78, 5) is 47.7. The normalized spacial score (nSPS) is 11.7. The zero-order valence-electron chi connectivity index (χ0n) is 17.3. The van der Waals surface area contributed by atoms with Gasteiger partial charge in [0.25, 0.3) is 5.91 Å². The van der Waals surface area contributed by atoms with E-state index in [0.717, 1.165) is 0 Å². The standard InChI is InChI=1S/C22H26N2O6/c1-14(2)11-20(27)30-21(16-7-5-4-6-8-16)18-12-19(26)17(22(23)28)13-24(18)9-10-29-15(3)25/h4-8,12-14,21H,9-11H2,1-3H3,(H2,23,28)/t21-/m0/s1. The molecule has 1 amide bonds. The van der Waals surface area contributed by atoms with E-state index in [0.29, 0.717) is 11.3 Å². The third-order valence-electron chi connectivity index (χ3n) is 4.26. The quantitative estimate of drug-likeness (QED) is 0.629. The summed E-state index contributed by atoms with van der Waals surface area (Å²) < 4.78 is 12.3. The first-order valence-electron chi connectivity index (χ1n) is 9.61. The molecule has 0 aliphatic carbocycles. The Hall–Kier alpha value is -3.42. The minimum Gasteiger partial charge on any atom is -0.464 e. The molecule has 1 aromatic carbocycles. The predicted molar refractivity (Wildman–Crippen MR) is 110 cm³/mol. The van der Waals surface area contributed by atoms with Gasteiger partial charge in [-0.05, 0) is 11.5 Å². The van der Waals surface area contributed by atoms with Crippen LogP contribution in [0.1, 0.15) is 54.9 Å². The highest BCUT2D eigenvalue weighted by Gasteiger charge is 2.24. The molecule has 0 bridgehead atoms. The molecule has 1 heterocycles. The average molecular weight is 414 g/mol. The van der Waals surface area contributed by atoms with Crippen molar-refractivity contribution in [2.45, 2.75) is 39.8 Å². The predicted octanol–water partition coefficient (Wildman–Crippen LogP) is 2.19. The monoisotopic (exact) mass is 414 g/mol. The van der Waals surface area contributed by atoms with E-state index in [-0.39, 0.29) is 31.1 Å². The van der Waals surface area contributed by atoms with Crippen molar-refractivity contribution in [3.05, 3.63) is 69.6 Å². The topological polar surface area (TPSA) is 118 Å². The molecule has 8 nitrogen and oxygen atoms in total. The van der Waals surface area contributed by atoms with Crippen LogP contribution in [0.5, 0.6) is 0 Å². The lowest BCUT2D eigenvalue weighted by molar-refractivity contribution is -0.148. The Morgan fingerprint density at radius 3 is 2.37 bits per heavy atom. The van der Waals surface area contributed by atoms with Gasteiger partial charge in [-0.15, -0.1) is 0 Å². The van der Waals surface area contributed by atoms with E-state index < -0.39 is 29.4 Å². The molecule has 1 aromatic heterocycles. The van der Waals surface area contributed by atoms with Gasteiger partial charge >= 0.3 is 11.9 Å². The maximum absolute atomic E-state index is 12.5. The molecule has 0 saturated carbocycles. The third kappa shape index (κ3) is 6.30. The molecule has 0 unspecified atom stereocenters. The van der Waals surface area contributed by atoms with E-state index in [1.807, 2.05) is 19.9 Å². The minimum absolute atomic E-state index is 0.00482. The SMILES string of the molecule is CC(=O)OCCn1cc(C(N)=O)c(=O)cc1[C@@H](OC(=O)CC(C)C)c1ccccc1. The van der Waals surface area contributed by atoms with Gasteiger partial charge in [-0.2, -0.15) is 0 Å². The van der Waals surface area contributed by atoms with E-state index in [1.165, 1.54) is 19.2 Å². The minimum atomic E-state index is -0.885. The lowest BCUT2D eigenvalue weighted by Crippen LogP contribution is -2.28. The number of rotatable bonds is 9. The lowest BCUT2D eigenvalue weighted by Gasteiger charge is -2.24. The molecule has 0 fully saturated rings. The van der Waals surface area contributed by atoms with Gasteiger partial charge in [0.2, 0.25) is 0 Å². The summed E-state index contributed by atoms with van der Waals surface area (Å²) in [5.74, 6) is -1.66.